The Morgan fingerprint density at radius 1 is 1.65 bits per heavy atom. The number of nitrogens with one attached hydrogen (secondary N) is 1. The molecule has 1 aliphatic heterocycles. The van der Waals surface area contributed by atoms with Crippen molar-refractivity contribution in [1.82, 2.24) is 5.32 Å². The number of hydrogen-bond donors (Lipinski definition) is 2. The van der Waals surface area contributed by atoms with Crippen molar-refractivity contribution in [1.29, 1.82) is 0 Å². The van der Waals surface area contributed by atoms with Gasteiger partial charge < -0.3 is 15.2 Å². The fourth-order valence-electron chi connectivity index (χ4n) is 2.26. The van der Waals surface area contributed by atoms with Crippen LogP contribution in [0.15, 0.2) is 22.7 Å². The van der Waals surface area contributed by atoms with Gasteiger partial charge in [0.25, 0.3) is 5.69 Å². The molecule has 0 aliphatic carbocycles. The van der Waals surface area contributed by atoms with Crippen LogP contribution in [0.1, 0.15) is 18.9 Å². The van der Waals surface area contributed by atoms with Gasteiger partial charge in [0.1, 0.15) is 5.60 Å². The fraction of sp³-hybridized carbons (Fsp3) is 0.538. The van der Waals surface area contributed by atoms with Gasteiger partial charge >= 0.3 is 0 Å². The molecule has 0 saturated carbocycles. The molecule has 0 bridgehead atoms. The van der Waals surface area contributed by atoms with Crippen molar-refractivity contribution < 1.29 is 14.8 Å². The smallest absolute Gasteiger partial charge is 0.283 e. The van der Waals surface area contributed by atoms with Gasteiger partial charge in [-0.3, -0.25) is 10.1 Å². The standard InChI is InChI=1S/C13H17BrN2O4/c1-9-13(17,5-6-20-9)8-15-7-10-3-2-4-11(12(10)14)16(18)19/h2-4,9,15,17H,5-8H2,1H3. The Kier molecular flexibility index (Phi) is 4.74. The summed E-state index contributed by atoms with van der Waals surface area (Å²) in [5.41, 5.74) is -0.0392. The maximum atomic E-state index is 10.8. The van der Waals surface area contributed by atoms with Gasteiger partial charge in [-0.05, 0) is 28.4 Å². The number of nitro benzene ring substituents is 1. The van der Waals surface area contributed by atoms with Crippen molar-refractivity contribution in [2.75, 3.05) is 13.2 Å². The highest BCUT2D eigenvalue weighted by Crippen LogP contribution is 2.29. The first-order valence-corrected chi connectivity index (χ1v) is 7.20. The van der Waals surface area contributed by atoms with Crippen LogP contribution in [0.5, 0.6) is 0 Å². The monoisotopic (exact) mass is 344 g/mol. The number of nitro groups is 1. The molecule has 1 fully saturated rings. The first-order valence-electron chi connectivity index (χ1n) is 6.40. The zero-order valence-electron chi connectivity index (χ0n) is 11.1. The molecule has 2 rings (SSSR count). The van der Waals surface area contributed by atoms with Crippen LogP contribution in [0.4, 0.5) is 5.69 Å². The third-order valence-corrected chi connectivity index (χ3v) is 4.58. The molecular weight excluding hydrogens is 328 g/mol. The molecule has 1 aromatic carbocycles. The van der Waals surface area contributed by atoms with Crippen LogP contribution in [-0.2, 0) is 11.3 Å². The first kappa shape index (κ1) is 15.4. The second-order valence-corrected chi connectivity index (χ2v) is 5.77. The van der Waals surface area contributed by atoms with E-state index in [9.17, 15) is 15.2 Å². The minimum atomic E-state index is -0.868. The lowest BCUT2D eigenvalue weighted by Crippen LogP contribution is -2.45. The predicted octanol–water partition coefficient (Wildman–Crippen LogP) is 1.99. The lowest BCUT2D eigenvalue weighted by atomic mass is 9.96. The molecule has 6 nitrogen and oxygen atoms in total. The molecule has 0 spiro atoms. The van der Waals surface area contributed by atoms with Crippen LogP contribution in [0.2, 0.25) is 0 Å². The zero-order valence-corrected chi connectivity index (χ0v) is 12.7. The summed E-state index contributed by atoms with van der Waals surface area (Å²) in [6, 6.07) is 4.91. The summed E-state index contributed by atoms with van der Waals surface area (Å²) >= 11 is 3.25. The van der Waals surface area contributed by atoms with Crippen LogP contribution in [0, 0.1) is 10.1 Å². The topological polar surface area (TPSA) is 84.6 Å². The highest BCUT2D eigenvalue weighted by atomic mass is 79.9. The maximum absolute atomic E-state index is 10.8. The van der Waals surface area contributed by atoms with Crippen LogP contribution in [0.3, 0.4) is 0 Å². The average Bonchev–Trinajstić information content (AvgIpc) is 2.71. The van der Waals surface area contributed by atoms with Crippen molar-refractivity contribution in [3.8, 4) is 0 Å². The molecule has 1 heterocycles. The predicted molar refractivity (Wildman–Crippen MR) is 77.5 cm³/mol. The van der Waals surface area contributed by atoms with E-state index in [0.717, 1.165) is 5.56 Å². The van der Waals surface area contributed by atoms with Crippen LogP contribution >= 0.6 is 15.9 Å². The Labute approximate surface area is 125 Å². The van der Waals surface area contributed by atoms with Crippen LogP contribution in [0.25, 0.3) is 0 Å². The third-order valence-electron chi connectivity index (χ3n) is 3.66. The minimum Gasteiger partial charge on any atom is -0.386 e. The number of halogens is 1. The largest absolute Gasteiger partial charge is 0.386 e. The Bertz CT molecular complexity index is 511. The van der Waals surface area contributed by atoms with Crippen molar-refractivity contribution in [2.45, 2.75) is 31.6 Å². The molecule has 2 unspecified atom stereocenters. The Morgan fingerprint density at radius 2 is 2.40 bits per heavy atom. The summed E-state index contributed by atoms with van der Waals surface area (Å²) in [5.74, 6) is 0. The van der Waals surface area contributed by atoms with E-state index in [1.54, 1.807) is 6.07 Å². The molecule has 1 aromatic rings. The summed E-state index contributed by atoms with van der Waals surface area (Å²) in [6.07, 6.45) is 0.389. The normalized spacial score (nSPS) is 25.9. The number of rotatable bonds is 5. The lowest BCUT2D eigenvalue weighted by molar-refractivity contribution is -0.385. The van der Waals surface area contributed by atoms with Crippen LogP contribution in [-0.4, -0.2) is 34.9 Å². The SMILES string of the molecule is CC1OCCC1(O)CNCc1cccc([N+](=O)[O-])c1Br. The van der Waals surface area contributed by atoms with E-state index in [2.05, 4.69) is 21.2 Å². The number of nitrogens with zero attached hydrogens (tertiary/aromatic N) is 1. The van der Waals surface area contributed by atoms with Gasteiger partial charge in [-0.2, -0.15) is 0 Å². The molecule has 2 atom stereocenters. The second-order valence-electron chi connectivity index (χ2n) is 4.98. The number of aliphatic hydroxyl groups is 1. The molecule has 0 aromatic heterocycles. The van der Waals surface area contributed by atoms with Gasteiger partial charge in [-0.15, -0.1) is 0 Å². The molecule has 7 heteroatoms. The van der Waals surface area contributed by atoms with E-state index in [0.29, 0.717) is 30.6 Å². The van der Waals surface area contributed by atoms with E-state index in [-0.39, 0.29) is 11.8 Å². The van der Waals surface area contributed by atoms with Gasteiger partial charge in [0, 0.05) is 32.2 Å². The van der Waals surface area contributed by atoms with Crippen molar-refractivity contribution in [3.05, 3.63) is 38.3 Å². The summed E-state index contributed by atoms with van der Waals surface area (Å²) in [5, 5.41) is 24.3. The Morgan fingerprint density at radius 3 is 3.00 bits per heavy atom. The molecule has 1 aliphatic rings. The summed E-state index contributed by atoms with van der Waals surface area (Å²) in [4.78, 5) is 10.4. The molecule has 20 heavy (non-hydrogen) atoms. The van der Waals surface area contributed by atoms with Crippen molar-refractivity contribution >= 4 is 21.6 Å². The highest BCUT2D eigenvalue weighted by molar-refractivity contribution is 9.10. The van der Waals surface area contributed by atoms with E-state index in [1.165, 1.54) is 6.07 Å². The van der Waals surface area contributed by atoms with Gasteiger partial charge in [0.05, 0.1) is 15.5 Å². The molecule has 2 N–H and O–H groups in total. The lowest BCUT2D eigenvalue weighted by Gasteiger charge is -2.26. The molecule has 1 saturated heterocycles. The van der Waals surface area contributed by atoms with E-state index in [1.807, 2.05) is 13.0 Å². The minimum absolute atomic E-state index is 0.0422. The quantitative estimate of drug-likeness (QED) is 0.630. The van der Waals surface area contributed by atoms with Crippen molar-refractivity contribution in [3.63, 3.8) is 0 Å². The molecule has 0 radical (unpaired) electrons. The Hall–Kier alpha value is -1.02. The van der Waals surface area contributed by atoms with Gasteiger partial charge in [-0.25, -0.2) is 0 Å². The van der Waals surface area contributed by atoms with Crippen LogP contribution < -0.4 is 5.32 Å². The Balaban J connectivity index is 1.98. The summed E-state index contributed by atoms with van der Waals surface area (Å²) in [7, 11) is 0. The summed E-state index contributed by atoms with van der Waals surface area (Å²) < 4.78 is 5.83. The first-order chi connectivity index (χ1) is 9.44. The highest BCUT2D eigenvalue weighted by Gasteiger charge is 2.39. The maximum Gasteiger partial charge on any atom is 0.283 e. The van der Waals surface area contributed by atoms with E-state index >= 15 is 0 Å². The average molecular weight is 345 g/mol. The molecule has 0 amide bonds. The number of hydrogen-bond acceptors (Lipinski definition) is 5. The fourth-order valence-corrected chi connectivity index (χ4v) is 2.81. The molecule has 110 valence electrons. The number of ether oxygens (including phenoxy) is 1. The summed E-state index contributed by atoms with van der Waals surface area (Å²) in [6.45, 7) is 3.23. The van der Waals surface area contributed by atoms with Gasteiger partial charge in [0.15, 0.2) is 0 Å². The molecular formula is C13H17BrN2O4. The van der Waals surface area contributed by atoms with E-state index < -0.39 is 10.5 Å². The number of benzene rings is 1. The second kappa shape index (κ2) is 6.17. The zero-order chi connectivity index (χ0) is 14.8. The van der Waals surface area contributed by atoms with Gasteiger partial charge in [0.2, 0.25) is 0 Å². The van der Waals surface area contributed by atoms with E-state index in [4.69, 9.17) is 4.74 Å². The van der Waals surface area contributed by atoms with Crippen molar-refractivity contribution in [2.24, 2.45) is 0 Å². The van der Waals surface area contributed by atoms with Gasteiger partial charge in [-0.1, -0.05) is 12.1 Å². The third kappa shape index (κ3) is 3.17.